The number of oxazole rings is 1. The van der Waals surface area contributed by atoms with Crippen LogP contribution >= 0.6 is 0 Å². The smallest absolute Gasteiger partial charge is 0.254 e. The molecular weight excluding hydrogens is 380 g/mol. The molecule has 1 aromatic heterocycles. The van der Waals surface area contributed by atoms with Gasteiger partial charge in [-0.2, -0.15) is 0 Å². The van der Waals surface area contributed by atoms with E-state index in [2.05, 4.69) is 4.98 Å². The lowest BCUT2D eigenvalue weighted by Crippen LogP contribution is -2.44. The van der Waals surface area contributed by atoms with Gasteiger partial charge in [-0.15, -0.1) is 0 Å². The van der Waals surface area contributed by atoms with E-state index in [9.17, 15) is 4.79 Å². The van der Waals surface area contributed by atoms with Gasteiger partial charge < -0.3 is 18.8 Å². The predicted octanol–water partition coefficient (Wildman–Crippen LogP) is 4.23. The predicted molar refractivity (Wildman–Crippen MR) is 112 cm³/mol. The van der Waals surface area contributed by atoms with Crippen molar-refractivity contribution in [1.29, 1.82) is 0 Å². The topological polar surface area (TPSA) is 64.8 Å². The summed E-state index contributed by atoms with van der Waals surface area (Å²) in [7, 11) is 0. The summed E-state index contributed by atoms with van der Waals surface area (Å²) in [5.41, 5.74) is 2.27. The molecule has 0 saturated carbocycles. The zero-order valence-electron chi connectivity index (χ0n) is 16.7. The normalized spacial score (nSPS) is 19.9. The van der Waals surface area contributed by atoms with Crippen molar-refractivity contribution < 1.29 is 18.7 Å². The van der Waals surface area contributed by atoms with Gasteiger partial charge in [-0.1, -0.05) is 42.5 Å². The van der Waals surface area contributed by atoms with Gasteiger partial charge in [0.05, 0.1) is 25.0 Å². The molecule has 0 bridgehead atoms. The highest BCUT2D eigenvalue weighted by Crippen LogP contribution is 2.31. The van der Waals surface area contributed by atoms with Crippen LogP contribution in [0.15, 0.2) is 65.2 Å². The summed E-state index contributed by atoms with van der Waals surface area (Å²) in [6.07, 6.45) is 3.46. The van der Waals surface area contributed by atoms with Gasteiger partial charge in [-0.05, 0) is 25.0 Å². The number of hydrogen-bond acceptors (Lipinski definition) is 5. The monoisotopic (exact) mass is 404 g/mol. The molecule has 30 heavy (non-hydrogen) atoms. The van der Waals surface area contributed by atoms with Crippen molar-refractivity contribution in [2.24, 2.45) is 5.92 Å². The van der Waals surface area contributed by atoms with Gasteiger partial charge >= 0.3 is 0 Å². The maximum atomic E-state index is 13.4. The van der Waals surface area contributed by atoms with Crippen molar-refractivity contribution in [3.05, 3.63) is 66.4 Å². The number of benzene rings is 2. The molecule has 0 radical (unpaired) electrons. The molecule has 2 fully saturated rings. The number of carbonyl (C=O) groups excluding carboxylic acids is 1. The van der Waals surface area contributed by atoms with Crippen LogP contribution in [0.5, 0.6) is 0 Å². The minimum absolute atomic E-state index is 0.00671. The Bertz CT molecular complexity index is 1010. The Kier molecular flexibility index (Phi) is 5.34. The van der Waals surface area contributed by atoms with E-state index in [1.54, 1.807) is 6.20 Å². The van der Waals surface area contributed by atoms with E-state index >= 15 is 0 Å². The van der Waals surface area contributed by atoms with Gasteiger partial charge in [-0.3, -0.25) is 4.79 Å². The number of likely N-dealkylation sites (tertiary alicyclic amines) is 1. The Morgan fingerprint density at radius 2 is 1.77 bits per heavy atom. The second-order valence-corrected chi connectivity index (χ2v) is 7.70. The van der Waals surface area contributed by atoms with E-state index < -0.39 is 0 Å². The lowest BCUT2D eigenvalue weighted by molar-refractivity contribution is -0.0969. The van der Waals surface area contributed by atoms with Crippen molar-refractivity contribution in [3.8, 4) is 22.8 Å². The molecule has 0 aliphatic carbocycles. The number of piperidine rings is 1. The molecule has 3 aromatic rings. The minimum Gasteiger partial charge on any atom is -0.436 e. The van der Waals surface area contributed by atoms with Crippen LogP contribution in [0.3, 0.4) is 0 Å². The molecule has 2 aliphatic rings. The second kappa shape index (κ2) is 8.42. The van der Waals surface area contributed by atoms with Crippen molar-refractivity contribution in [2.75, 3.05) is 26.3 Å². The van der Waals surface area contributed by atoms with Crippen LogP contribution in [0.4, 0.5) is 0 Å². The summed E-state index contributed by atoms with van der Waals surface area (Å²) in [6, 6.07) is 17.3. The molecular formula is C24H24N2O4. The fourth-order valence-electron chi connectivity index (χ4n) is 4.23. The minimum atomic E-state index is -0.198. The highest BCUT2D eigenvalue weighted by atomic mass is 16.7. The Morgan fingerprint density at radius 1 is 1.00 bits per heavy atom. The molecule has 154 valence electrons. The molecule has 2 saturated heterocycles. The van der Waals surface area contributed by atoms with Crippen LogP contribution in [0.2, 0.25) is 0 Å². The first-order valence-corrected chi connectivity index (χ1v) is 10.4. The number of amides is 1. The highest BCUT2D eigenvalue weighted by Gasteiger charge is 2.33. The van der Waals surface area contributed by atoms with Gasteiger partial charge in [0.15, 0.2) is 12.1 Å². The van der Waals surface area contributed by atoms with Crippen LogP contribution in [-0.2, 0) is 9.47 Å². The molecule has 1 atom stereocenters. The molecule has 1 unspecified atom stereocenters. The van der Waals surface area contributed by atoms with Crippen LogP contribution in [0, 0.1) is 5.92 Å². The van der Waals surface area contributed by atoms with Crippen LogP contribution in [0.1, 0.15) is 23.2 Å². The van der Waals surface area contributed by atoms with Crippen molar-refractivity contribution >= 4 is 5.91 Å². The van der Waals surface area contributed by atoms with Crippen LogP contribution < -0.4 is 0 Å². The molecule has 2 aromatic carbocycles. The summed E-state index contributed by atoms with van der Waals surface area (Å²) in [5.74, 6) is 1.34. The lowest BCUT2D eigenvalue weighted by Gasteiger charge is -2.35. The number of ether oxygens (including phenoxy) is 2. The maximum absolute atomic E-state index is 13.4. The number of carbonyl (C=O) groups is 1. The summed E-state index contributed by atoms with van der Waals surface area (Å²) in [4.78, 5) is 19.8. The van der Waals surface area contributed by atoms with E-state index in [4.69, 9.17) is 13.9 Å². The first kappa shape index (κ1) is 19.0. The molecule has 1 amide bonds. The summed E-state index contributed by atoms with van der Waals surface area (Å²) < 4.78 is 17.4. The van der Waals surface area contributed by atoms with Crippen molar-refractivity contribution in [1.82, 2.24) is 9.88 Å². The molecule has 6 heteroatoms. The van der Waals surface area contributed by atoms with Crippen LogP contribution in [-0.4, -0.2) is 48.4 Å². The Morgan fingerprint density at radius 3 is 2.60 bits per heavy atom. The third-order valence-electron chi connectivity index (χ3n) is 5.73. The van der Waals surface area contributed by atoms with E-state index in [1.807, 2.05) is 59.5 Å². The van der Waals surface area contributed by atoms with E-state index in [0.29, 0.717) is 42.5 Å². The summed E-state index contributed by atoms with van der Waals surface area (Å²) in [6.45, 7) is 2.63. The fraction of sp³-hybridized carbons (Fsp3) is 0.333. The van der Waals surface area contributed by atoms with Gasteiger partial charge in [0.2, 0.25) is 5.89 Å². The number of rotatable bonds is 4. The molecule has 0 N–H and O–H groups in total. The molecule has 5 rings (SSSR count). The van der Waals surface area contributed by atoms with Crippen molar-refractivity contribution in [3.63, 3.8) is 0 Å². The third kappa shape index (κ3) is 3.76. The quantitative estimate of drug-likeness (QED) is 0.651. The lowest BCUT2D eigenvalue weighted by atomic mass is 9.96. The zero-order chi connectivity index (χ0) is 20.3. The number of aromatic nitrogens is 1. The molecule has 3 heterocycles. The first-order valence-electron chi connectivity index (χ1n) is 10.4. The number of hydrogen-bond donors (Lipinski definition) is 0. The van der Waals surface area contributed by atoms with E-state index in [-0.39, 0.29) is 18.1 Å². The standard InChI is InChI=1S/C24H24N2O4/c27-23(26-12-6-9-18(16-26)24-28-13-14-29-24)20-11-5-4-10-19(20)22-25-15-21(30-22)17-7-2-1-3-8-17/h1-5,7-8,10-11,15,18,24H,6,9,12-14,16H2. The van der Waals surface area contributed by atoms with Crippen molar-refractivity contribution in [2.45, 2.75) is 19.1 Å². The van der Waals surface area contributed by atoms with Crippen LogP contribution in [0.25, 0.3) is 22.8 Å². The first-order chi connectivity index (χ1) is 14.8. The summed E-state index contributed by atoms with van der Waals surface area (Å²) >= 11 is 0. The third-order valence-corrected chi connectivity index (χ3v) is 5.73. The molecule has 2 aliphatic heterocycles. The van der Waals surface area contributed by atoms with E-state index in [1.165, 1.54) is 0 Å². The Labute approximate surface area is 175 Å². The number of nitrogens with zero attached hydrogens (tertiary/aromatic N) is 2. The maximum Gasteiger partial charge on any atom is 0.254 e. The van der Waals surface area contributed by atoms with Gasteiger partial charge in [-0.25, -0.2) is 4.98 Å². The second-order valence-electron chi connectivity index (χ2n) is 7.70. The SMILES string of the molecule is O=C(c1ccccc1-c1ncc(-c2ccccc2)o1)N1CCCC(C2OCCO2)C1. The highest BCUT2D eigenvalue weighted by molar-refractivity contribution is 6.00. The fourth-order valence-corrected chi connectivity index (χ4v) is 4.23. The molecule has 6 nitrogen and oxygen atoms in total. The zero-order valence-corrected chi connectivity index (χ0v) is 16.7. The van der Waals surface area contributed by atoms with Gasteiger partial charge in [0.1, 0.15) is 0 Å². The van der Waals surface area contributed by atoms with Gasteiger partial charge in [0.25, 0.3) is 5.91 Å². The average molecular weight is 404 g/mol. The Balaban J connectivity index is 1.39. The van der Waals surface area contributed by atoms with Gasteiger partial charge in [0, 0.05) is 30.1 Å². The van der Waals surface area contributed by atoms with E-state index in [0.717, 1.165) is 24.9 Å². The molecule has 0 spiro atoms. The summed E-state index contributed by atoms with van der Waals surface area (Å²) in [5, 5.41) is 0. The Hall–Kier alpha value is -2.96. The average Bonchev–Trinajstić information content (AvgIpc) is 3.52. The largest absolute Gasteiger partial charge is 0.436 e.